The molecule has 0 aromatic heterocycles. The number of hydrogen-bond donors (Lipinski definition) is 0. The van der Waals surface area contributed by atoms with Crippen molar-refractivity contribution < 1.29 is 18.7 Å². The Balaban J connectivity index is 3.26. The highest BCUT2D eigenvalue weighted by Gasteiger charge is 2.13. The minimum absolute atomic E-state index is 0.0168. The molecule has 0 atom stereocenters. The second-order valence-electron chi connectivity index (χ2n) is 3.82. The molecule has 0 aromatic rings. The van der Waals surface area contributed by atoms with Crippen LogP contribution in [0.15, 0.2) is 0 Å². The smallest absolute Gasteiger partial charge is 0.332 e. The van der Waals surface area contributed by atoms with E-state index in [1.54, 1.807) is 6.92 Å². The summed E-state index contributed by atoms with van der Waals surface area (Å²) in [6, 6.07) is 0. The maximum atomic E-state index is 10.8. The number of hydrogen-bond acceptors (Lipinski definition) is 4. The zero-order chi connectivity index (χ0) is 11.0. The van der Waals surface area contributed by atoms with Gasteiger partial charge in [-0.1, -0.05) is 0 Å². The van der Waals surface area contributed by atoms with E-state index in [2.05, 4.69) is 19.6 Å². The van der Waals surface area contributed by atoms with Gasteiger partial charge < -0.3 is 13.9 Å². The molecule has 0 unspecified atom stereocenters. The molecule has 0 saturated carbocycles. The lowest BCUT2D eigenvalue weighted by molar-refractivity contribution is -0.148. The number of esters is 1. The van der Waals surface area contributed by atoms with Crippen molar-refractivity contribution in [3.63, 3.8) is 0 Å². The van der Waals surface area contributed by atoms with Crippen LogP contribution in [-0.2, 0) is 18.7 Å². The fourth-order valence-electron chi connectivity index (χ4n) is 0.765. The molecule has 0 saturated heterocycles. The highest BCUT2D eigenvalue weighted by atomic mass is 28.4. The Hall–Kier alpha value is -0.393. The molecule has 0 heterocycles. The van der Waals surface area contributed by atoms with E-state index >= 15 is 0 Å². The normalized spacial score (nSPS) is 11.4. The predicted molar refractivity (Wildman–Crippen MR) is 56.8 cm³/mol. The monoisotopic (exact) mass is 220 g/mol. The van der Waals surface area contributed by atoms with Crippen molar-refractivity contribution in [2.24, 2.45) is 0 Å². The number of carbonyl (C=O) groups is 1. The summed E-state index contributed by atoms with van der Waals surface area (Å²) < 4.78 is 15.3. The number of rotatable bonds is 7. The Morgan fingerprint density at radius 3 is 2.36 bits per heavy atom. The Kier molecular flexibility index (Phi) is 6.78. The van der Waals surface area contributed by atoms with E-state index in [4.69, 9.17) is 13.9 Å². The van der Waals surface area contributed by atoms with E-state index in [0.29, 0.717) is 19.8 Å². The van der Waals surface area contributed by atoms with Gasteiger partial charge in [-0.15, -0.1) is 0 Å². The van der Waals surface area contributed by atoms with Crippen LogP contribution in [0.25, 0.3) is 0 Å². The van der Waals surface area contributed by atoms with Crippen LogP contribution in [0.1, 0.15) is 6.92 Å². The zero-order valence-corrected chi connectivity index (χ0v) is 10.5. The minimum atomic E-state index is -1.45. The lowest BCUT2D eigenvalue weighted by Crippen LogP contribution is -2.27. The summed E-state index contributed by atoms with van der Waals surface area (Å²) in [7, 11) is -1.45. The van der Waals surface area contributed by atoms with Crippen LogP contribution in [0.2, 0.25) is 19.6 Å². The van der Waals surface area contributed by atoms with Crippen LogP contribution in [0.4, 0.5) is 0 Å². The molecule has 0 rings (SSSR count). The SMILES string of the molecule is CCOC(=O)COCCO[Si](C)(C)C. The van der Waals surface area contributed by atoms with Gasteiger partial charge in [-0.05, 0) is 26.6 Å². The van der Waals surface area contributed by atoms with Crippen molar-refractivity contribution in [2.75, 3.05) is 26.4 Å². The summed E-state index contributed by atoms with van der Waals surface area (Å²) >= 11 is 0. The molecule has 14 heavy (non-hydrogen) atoms. The zero-order valence-electron chi connectivity index (χ0n) is 9.46. The van der Waals surface area contributed by atoms with Crippen LogP contribution in [-0.4, -0.2) is 40.7 Å². The molecular weight excluding hydrogens is 200 g/mol. The molecule has 0 aromatic carbocycles. The van der Waals surface area contributed by atoms with Gasteiger partial charge in [-0.2, -0.15) is 0 Å². The average molecular weight is 220 g/mol. The van der Waals surface area contributed by atoms with E-state index in [-0.39, 0.29) is 12.6 Å². The van der Waals surface area contributed by atoms with Crippen LogP contribution < -0.4 is 0 Å². The first kappa shape index (κ1) is 13.6. The van der Waals surface area contributed by atoms with Crippen molar-refractivity contribution in [3.8, 4) is 0 Å². The van der Waals surface area contributed by atoms with Gasteiger partial charge in [0.2, 0.25) is 0 Å². The van der Waals surface area contributed by atoms with Gasteiger partial charge in [0.05, 0.1) is 19.8 Å². The molecule has 0 aliphatic carbocycles. The second-order valence-corrected chi connectivity index (χ2v) is 8.33. The van der Waals surface area contributed by atoms with Crippen molar-refractivity contribution >= 4 is 14.3 Å². The van der Waals surface area contributed by atoms with E-state index in [1.807, 2.05) is 0 Å². The van der Waals surface area contributed by atoms with Crippen LogP contribution in [0.5, 0.6) is 0 Å². The summed E-state index contributed by atoms with van der Waals surface area (Å²) in [5, 5.41) is 0. The molecule has 0 amide bonds. The first-order chi connectivity index (χ1) is 6.45. The molecule has 0 aliphatic heterocycles. The summed E-state index contributed by atoms with van der Waals surface area (Å²) in [6.45, 7) is 9.51. The lowest BCUT2D eigenvalue weighted by atomic mass is 10.7. The van der Waals surface area contributed by atoms with Crippen LogP contribution >= 0.6 is 0 Å². The molecule has 84 valence electrons. The van der Waals surface area contributed by atoms with Gasteiger partial charge in [0, 0.05) is 0 Å². The van der Waals surface area contributed by atoms with Gasteiger partial charge in [0.15, 0.2) is 8.32 Å². The van der Waals surface area contributed by atoms with Gasteiger partial charge in [0.1, 0.15) is 6.61 Å². The maximum absolute atomic E-state index is 10.8. The average Bonchev–Trinajstić information content (AvgIpc) is 2.02. The number of carbonyl (C=O) groups excluding carboxylic acids is 1. The Morgan fingerprint density at radius 2 is 1.86 bits per heavy atom. The predicted octanol–water partition coefficient (Wildman–Crippen LogP) is 1.42. The van der Waals surface area contributed by atoms with E-state index < -0.39 is 8.32 Å². The van der Waals surface area contributed by atoms with Crippen molar-refractivity contribution in [2.45, 2.75) is 26.6 Å². The molecular formula is C9H20O4Si. The summed E-state index contributed by atoms with van der Waals surface area (Å²) in [5.41, 5.74) is 0. The molecule has 4 nitrogen and oxygen atoms in total. The third-order valence-corrected chi connectivity index (χ3v) is 2.36. The first-order valence-electron chi connectivity index (χ1n) is 4.83. The Morgan fingerprint density at radius 1 is 1.21 bits per heavy atom. The van der Waals surface area contributed by atoms with E-state index in [1.165, 1.54) is 0 Å². The maximum Gasteiger partial charge on any atom is 0.332 e. The molecule has 0 spiro atoms. The van der Waals surface area contributed by atoms with Crippen molar-refractivity contribution in [1.29, 1.82) is 0 Å². The highest BCUT2D eigenvalue weighted by molar-refractivity contribution is 6.69. The third kappa shape index (κ3) is 9.69. The molecule has 0 N–H and O–H groups in total. The quantitative estimate of drug-likeness (QED) is 0.370. The molecule has 0 radical (unpaired) electrons. The first-order valence-corrected chi connectivity index (χ1v) is 8.24. The van der Waals surface area contributed by atoms with E-state index in [9.17, 15) is 4.79 Å². The van der Waals surface area contributed by atoms with Crippen LogP contribution in [0, 0.1) is 0 Å². The highest BCUT2D eigenvalue weighted by Crippen LogP contribution is 2.01. The fourth-order valence-corrected chi connectivity index (χ4v) is 1.46. The lowest BCUT2D eigenvalue weighted by Gasteiger charge is -2.16. The molecule has 0 aliphatic rings. The minimum Gasteiger partial charge on any atom is -0.464 e. The largest absolute Gasteiger partial charge is 0.464 e. The van der Waals surface area contributed by atoms with Gasteiger partial charge in [-0.3, -0.25) is 0 Å². The third-order valence-electron chi connectivity index (χ3n) is 1.29. The fraction of sp³-hybridized carbons (Fsp3) is 0.889. The molecule has 0 bridgehead atoms. The van der Waals surface area contributed by atoms with Gasteiger partial charge >= 0.3 is 5.97 Å². The van der Waals surface area contributed by atoms with E-state index in [0.717, 1.165) is 0 Å². The van der Waals surface area contributed by atoms with Gasteiger partial charge in [0.25, 0.3) is 0 Å². The summed E-state index contributed by atoms with van der Waals surface area (Å²) in [6.07, 6.45) is 0. The van der Waals surface area contributed by atoms with Crippen LogP contribution in [0.3, 0.4) is 0 Å². The molecule has 5 heteroatoms. The second kappa shape index (κ2) is 6.97. The Labute approximate surface area is 86.7 Å². The summed E-state index contributed by atoms with van der Waals surface area (Å²) in [5.74, 6) is -0.319. The van der Waals surface area contributed by atoms with Gasteiger partial charge in [-0.25, -0.2) is 4.79 Å². The number of ether oxygens (including phenoxy) is 2. The summed E-state index contributed by atoms with van der Waals surface area (Å²) in [4.78, 5) is 10.8. The topological polar surface area (TPSA) is 44.8 Å². The Bertz CT molecular complexity index is 165. The van der Waals surface area contributed by atoms with Crippen molar-refractivity contribution in [3.05, 3.63) is 0 Å². The standard InChI is InChI=1S/C9H20O4Si/c1-5-12-9(10)8-11-6-7-13-14(2,3)4/h5-8H2,1-4H3. The molecule has 0 fully saturated rings. The van der Waals surface area contributed by atoms with Crippen molar-refractivity contribution in [1.82, 2.24) is 0 Å².